The van der Waals surface area contributed by atoms with Crippen LogP contribution in [-0.2, 0) is 0 Å². The number of hydrogen-bond acceptors (Lipinski definition) is 5. The van der Waals surface area contributed by atoms with E-state index in [4.69, 9.17) is 17.0 Å². The van der Waals surface area contributed by atoms with E-state index in [0.29, 0.717) is 5.02 Å². The molecule has 0 aromatic heterocycles. The quantitative estimate of drug-likeness (QED) is 0.775. The number of allylic oxidation sites excluding steroid dienone is 1. The first kappa shape index (κ1) is 16.6. The van der Waals surface area contributed by atoms with Crippen molar-refractivity contribution in [2.45, 2.75) is 5.92 Å². The Hall–Kier alpha value is -2.26. The van der Waals surface area contributed by atoms with E-state index in [0.717, 1.165) is 22.6 Å². The highest BCUT2D eigenvalue weighted by Crippen LogP contribution is 2.54. The second kappa shape index (κ2) is 6.33. The SMILES string of the molecule is N#C[C@@H]1C(=N)C(C#N)(C#N)[C@@H](c2ccc(Cl)cc2)[C@@H]2CSCC=C12. The first-order valence-corrected chi connectivity index (χ1v) is 8.96. The van der Waals surface area contributed by atoms with Crippen molar-refractivity contribution in [1.29, 1.82) is 21.2 Å². The molecule has 0 amide bonds. The van der Waals surface area contributed by atoms with E-state index in [1.54, 1.807) is 23.9 Å². The average molecular weight is 353 g/mol. The zero-order chi connectivity index (χ0) is 17.3. The molecule has 118 valence electrons. The van der Waals surface area contributed by atoms with Gasteiger partial charge in [0.25, 0.3) is 0 Å². The molecule has 1 aliphatic heterocycles. The Kier molecular flexibility index (Phi) is 4.37. The van der Waals surface area contributed by atoms with Crippen molar-refractivity contribution in [3.63, 3.8) is 0 Å². The van der Waals surface area contributed by atoms with Gasteiger partial charge in [0.1, 0.15) is 5.92 Å². The minimum Gasteiger partial charge on any atom is -0.305 e. The maximum atomic E-state index is 9.83. The van der Waals surface area contributed by atoms with Crippen molar-refractivity contribution in [3.05, 3.63) is 46.5 Å². The molecular weight excluding hydrogens is 340 g/mol. The van der Waals surface area contributed by atoms with Crippen LogP contribution in [0.3, 0.4) is 0 Å². The van der Waals surface area contributed by atoms with Gasteiger partial charge in [-0.25, -0.2) is 0 Å². The van der Waals surface area contributed by atoms with Crippen LogP contribution in [0.25, 0.3) is 0 Å². The number of nitriles is 3. The molecule has 3 atom stereocenters. The van der Waals surface area contributed by atoms with Crippen LogP contribution in [0.1, 0.15) is 11.5 Å². The molecule has 1 heterocycles. The van der Waals surface area contributed by atoms with E-state index >= 15 is 0 Å². The van der Waals surface area contributed by atoms with Crippen LogP contribution in [-0.4, -0.2) is 17.2 Å². The molecule has 1 aromatic rings. The maximum absolute atomic E-state index is 9.83. The summed E-state index contributed by atoms with van der Waals surface area (Å²) in [6, 6.07) is 13.4. The molecule has 24 heavy (non-hydrogen) atoms. The Morgan fingerprint density at radius 1 is 1.17 bits per heavy atom. The Morgan fingerprint density at radius 2 is 1.83 bits per heavy atom. The molecule has 4 nitrogen and oxygen atoms in total. The number of hydrogen-bond donors (Lipinski definition) is 1. The second-order valence-electron chi connectivity index (χ2n) is 5.88. The zero-order valence-corrected chi connectivity index (χ0v) is 14.2. The standard InChI is InChI=1S/C18H13ClN4S/c19-12-3-1-11(2-4-12)16-15-8-24-6-5-13(15)14(7-20)17(23)18(16,9-21)10-22/h1-5,14-16,23H,6,8H2/t14-,15+,16-/m0/s1. The number of thioether (sulfide) groups is 1. The average Bonchev–Trinajstić information content (AvgIpc) is 2.62. The lowest BCUT2D eigenvalue weighted by molar-refractivity contribution is 0.378. The largest absolute Gasteiger partial charge is 0.305 e. The lowest BCUT2D eigenvalue weighted by Crippen LogP contribution is -2.49. The normalized spacial score (nSPS) is 27.8. The fourth-order valence-corrected chi connectivity index (χ4v) is 4.87. The highest BCUT2D eigenvalue weighted by atomic mass is 35.5. The zero-order valence-electron chi connectivity index (χ0n) is 12.7. The van der Waals surface area contributed by atoms with Crippen LogP contribution in [0.4, 0.5) is 0 Å². The van der Waals surface area contributed by atoms with E-state index in [9.17, 15) is 15.8 Å². The molecule has 1 aliphatic carbocycles. The smallest absolute Gasteiger partial charge is 0.189 e. The summed E-state index contributed by atoms with van der Waals surface area (Å²) in [5.41, 5.74) is -0.0533. The number of rotatable bonds is 1. The topological polar surface area (TPSA) is 95.2 Å². The van der Waals surface area contributed by atoms with Crippen LogP contribution >= 0.6 is 23.4 Å². The fraction of sp³-hybridized carbons (Fsp3) is 0.333. The van der Waals surface area contributed by atoms with E-state index in [2.05, 4.69) is 18.2 Å². The van der Waals surface area contributed by atoms with E-state index in [1.807, 2.05) is 18.2 Å². The van der Waals surface area contributed by atoms with E-state index in [-0.39, 0.29) is 11.6 Å². The van der Waals surface area contributed by atoms with Gasteiger partial charge in [-0.15, -0.1) is 0 Å². The van der Waals surface area contributed by atoms with Crippen LogP contribution in [0.5, 0.6) is 0 Å². The number of benzene rings is 1. The summed E-state index contributed by atoms with van der Waals surface area (Å²) in [7, 11) is 0. The molecule has 0 radical (unpaired) electrons. The molecule has 1 saturated carbocycles. The van der Waals surface area contributed by atoms with Crippen molar-refractivity contribution in [2.24, 2.45) is 17.3 Å². The van der Waals surface area contributed by atoms with Gasteiger partial charge in [-0.2, -0.15) is 27.5 Å². The van der Waals surface area contributed by atoms with Gasteiger partial charge in [0.05, 0.1) is 23.9 Å². The van der Waals surface area contributed by atoms with Gasteiger partial charge >= 0.3 is 0 Å². The number of fused-ring (bicyclic) bond motifs is 1. The van der Waals surface area contributed by atoms with Crippen LogP contribution in [0, 0.1) is 56.7 Å². The lowest BCUT2D eigenvalue weighted by Gasteiger charge is -2.45. The number of nitrogens with zero attached hydrogens (tertiary/aromatic N) is 3. The number of halogens is 1. The minimum atomic E-state index is -1.63. The van der Waals surface area contributed by atoms with Gasteiger partial charge in [-0.05, 0) is 23.3 Å². The van der Waals surface area contributed by atoms with Gasteiger partial charge in [0.15, 0.2) is 5.41 Å². The Balaban J connectivity index is 2.24. The molecule has 0 saturated heterocycles. The summed E-state index contributed by atoms with van der Waals surface area (Å²) < 4.78 is 0. The molecular formula is C18H13ClN4S. The molecule has 0 unspecified atom stereocenters. The van der Waals surface area contributed by atoms with Gasteiger partial charge in [0, 0.05) is 28.4 Å². The maximum Gasteiger partial charge on any atom is 0.189 e. The Labute approximate surface area is 149 Å². The lowest BCUT2D eigenvalue weighted by atomic mass is 9.55. The molecule has 1 N–H and O–H groups in total. The van der Waals surface area contributed by atoms with Crippen LogP contribution < -0.4 is 0 Å². The molecule has 1 aromatic carbocycles. The van der Waals surface area contributed by atoms with Crippen LogP contribution in [0.2, 0.25) is 5.02 Å². The first-order valence-electron chi connectivity index (χ1n) is 7.43. The molecule has 2 aliphatic rings. The second-order valence-corrected chi connectivity index (χ2v) is 7.40. The molecule has 0 spiro atoms. The van der Waals surface area contributed by atoms with E-state index in [1.165, 1.54) is 0 Å². The van der Waals surface area contributed by atoms with Gasteiger partial charge in [0.2, 0.25) is 0 Å². The predicted molar refractivity (Wildman–Crippen MR) is 93.6 cm³/mol. The van der Waals surface area contributed by atoms with E-state index < -0.39 is 17.3 Å². The molecule has 3 rings (SSSR count). The van der Waals surface area contributed by atoms with Crippen LogP contribution in [0.15, 0.2) is 35.9 Å². The number of nitrogens with one attached hydrogen (secondary N) is 1. The Morgan fingerprint density at radius 3 is 2.42 bits per heavy atom. The van der Waals surface area contributed by atoms with Crippen molar-refractivity contribution >= 4 is 29.1 Å². The molecule has 6 heteroatoms. The Bertz CT molecular complexity index is 824. The summed E-state index contributed by atoms with van der Waals surface area (Å²) in [5.74, 6) is 0.148. The minimum absolute atomic E-state index is 0.107. The summed E-state index contributed by atoms with van der Waals surface area (Å²) in [4.78, 5) is 0. The van der Waals surface area contributed by atoms with Gasteiger partial charge in [-0.1, -0.05) is 29.8 Å². The third-order valence-electron chi connectivity index (χ3n) is 4.79. The third kappa shape index (κ3) is 2.31. The summed E-state index contributed by atoms with van der Waals surface area (Å²) in [6.07, 6.45) is 1.99. The van der Waals surface area contributed by atoms with Gasteiger partial charge < -0.3 is 5.41 Å². The monoisotopic (exact) mass is 352 g/mol. The van der Waals surface area contributed by atoms with Crippen molar-refractivity contribution in [2.75, 3.05) is 11.5 Å². The van der Waals surface area contributed by atoms with Crippen molar-refractivity contribution in [3.8, 4) is 18.2 Å². The molecule has 1 fully saturated rings. The summed E-state index contributed by atoms with van der Waals surface area (Å²) in [6.45, 7) is 0. The summed E-state index contributed by atoms with van der Waals surface area (Å²) >= 11 is 7.69. The first-order chi connectivity index (χ1) is 11.6. The van der Waals surface area contributed by atoms with Gasteiger partial charge in [-0.3, -0.25) is 0 Å². The fourth-order valence-electron chi connectivity index (χ4n) is 3.66. The highest BCUT2D eigenvalue weighted by molar-refractivity contribution is 7.99. The predicted octanol–water partition coefficient (Wildman–Crippen LogP) is 3.92. The third-order valence-corrected chi connectivity index (χ3v) is 6.04. The van der Waals surface area contributed by atoms with Crippen molar-refractivity contribution in [1.82, 2.24) is 0 Å². The molecule has 0 bridgehead atoms. The van der Waals surface area contributed by atoms with Crippen molar-refractivity contribution < 1.29 is 0 Å². The highest BCUT2D eigenvalue weighted by Gasteiger charge is 2.57. The summed E-state index contributed by atoms with van der Waals surface area (Å²) in [5, 5.41) is 38.2.